The lowest BCUT2D eigenvalue weighted by Crippen LogP contribution is -2.10. The smallest absolute Gasteiger partial charge is 0.185 e. The van der Waals surface area contributed by atoms with Gasteiger partial charge in [-0.2, -0.15) is 5.26 Å². The van der Waals surface area contributed by atoms with Crippen LogP contribution in [0.25, 0.3) is 20.7 Å². The Kier molecular flexibility index (Phi) is 5.18. The third-order valence-corrected chi connectivity index (χ3v) is 6.17. The summed E-state index contributed by atoms with van der Waals surface area (Å²) in [6.07, 6.45) is 0. The summed E-state index contributed by atoms with van der Waals surface area (Å²) in [4.78, 5) is 23.3. The van der Waals surface area contributed by atoms with E-state index in [1.807, 2.05) is 24.4 Å². The largest absolute Gasteiger partial charge is 0.401 e. The Morgan fingerprint density at radius 1 is 1.40 bits per heavy atom. The van der Waals surface area contributed by atoms with Crippen molar-refractivity contribution in [1.29, 1.82) is 5.26 Å². The molecule has 0 spiro atoms. The van der Waals surface area contributed by atoms with Gasteiger partial charge in [-0.3, -0.25) is 4.79 Å². The number of Topliss-reactive ketones (excluding diaryl/α,β-unsaturated/α-hetero) is 1. The summed E-state index contributed by atoms with van der Waals surface area (Å²) in [5.41, 5.74) is 6.94. The molecule has 25 heavy (non-hydrogen) atoms. The molecule has 0 fully saturated rings. The SMILES string of the molecule is CC(N)=C(C#N)C(=O)CSc1nc(C)nc2scc(-c3cccs3)c12. The number of carbonyl (C=O) groups is 1. The van der Waals surface area contributed by atoms with E-state index in [0.29, 0.717) is 5.82 Å². The molecule has 126 valence electrons. The number of thiophene rings is 2. The molecule has 0 bridgehead atoms. The molecule has 8 heteroatoms. The van der Waals surface area contributed by atoms with Gasteiger partial charge in [-0.05, 0) is 25.3 Å². The molecule has 0 aliphatic carbocycles. The first-order chi connectivity index (χ1) is 12.0. The fourth-order valence-corrected chi connectivity index (χ4v) is 5.14. The van der Waals surface area contributed by atoms with Crippen LogP contribution in [0.2, 0.25) is 0 Å². The summed E-state index contributed by atoms with van der Waals surface area (Å²) in [5, 5.41) is 14.9. The predicted octanol–water partition coefficient (Wildman–Crippen LogP) is 4.15. The summed E-state index contributed by atoms with van der Waals surface area (Å²) < 4.78 is 0. The molecule has 3 rings (SSSR count). The van der Waals surface area contributed by atoms with Crippen molar-refractivity contribution >= 4 is 50.4 Å². The number of hydrogen-bond donors (Lipinski definition) is 1. The topological polar surface area (TPSA) is 92.7 Å². The van der Waals surface area contributed by atoms with Gasteiger partial charge in [0.25, 0.3) is 0 Å². The van der Waals surface area contributed by atoms with E-state index in [1.54, 1.807) is 29.6 Å². The first kappa shape index (κ1) is 17.6. The van der Waals surface area contributed by atoms with Gasteiger partial charge in [-0.15, -0.1) is 22.7 Å². The minimum Gasteiger partial charge on any atom is -0.401 e. The molecule has 0 aliphatic rings. The predicted molar refractivity (Wildman–Crippen MR) is 104 cm³/mol. The van der Waals surface area contributed by atoms with Crippen LogP contribution in [0.4, 0.5) is 0 Å². The van der Waals surface area contributed by atoms with Gasteiger partial charge in [0, 0.05) is 21.5 Å². The van der Waals surface area contributed by atoms with Crippen molar-refractivity contribution in [2.24, 2.45) is 5.73 Å². The molecule has 0 aliphatic heterocycles. The number of hydrogen-bond acceptors (Lipinski definition) is 8. The maximum absolute atomic E-state index is 12.2. The Morgan fingerprint density at radius 3 is 2.84 bits per heavy atom. The van der Waals surface area contributed by atoms with Crippen LogP contribution in [-0.2, 0) is 4.79 Å². The second-order valence-electron chi connectivity index (χ2n) is 5.26. The van der Waals surface area contributed by atoms with E-state index in [2.05, 4.69) is 21.4 Å². The summed E-state index contributed by atoms with van der Waals surface area (Å²) in [5.74, 6) is 0.487. The standard InChI is InChI=1S/C17H14N4OS3/c1-9(19)11(6-18)13(22)8-25-17-15-12(14-4-3-5-23-14)7-24-16(15)20-10(2)21-17/h3-5,7H,8,19H2,1-2H3. The minimum atomic E-state index is -0.287. The molecule has 0 saturated heterocycles. The number of aryl methyl sites for hydroxylation is 1. The molecule has 2 N–H and O–H groups in total. The third-order valence-electron chi connectivity index (χ3n) is 3.42. The van der Waals surface area contributed by atoms with Crippen LogP contribution in [0.5, 0.6) is 0 Å². The highest BCUT2D eigenvalue weighted by molar-refractivity contribution is 8.00. The molecule has 0 radical (unpaired) electrons. The average Bonchev–Trinajstić information content (AvgIpc) is 3.21. The van der Waals surface area contributed by atoms with E-state index < -0.39 is 0 Å². The number of nitriles is 1. The highest BCUT2D eigenvalue weighted by atomic mass is 32.2. The highest BCUT2D eigenvalue weighted by Crippen LogP contribution is 2.40. The van der Waals surface area contributed by atoms with E-state index in [4.69, 9.17) is 11.0 Å². The molecular weight excluding hydrogens is 372 g/mol. The Hall–Kier alpha value is -2.21. The number of fused-ring (bicyclic) bond motifs is 1. The zero-order valence-electron chi connectivity index (χ0n) is 13.6. The Morgan fingerprint density at radius 2 is 2.20 bits per heavy atom. The van der Waals surface area contributed by atoms with Gasteiger partial charge >= 0.3 is 0 Å². The molecule has 0 amide bonds. The van der Waals surface area contributed by atoms with Crippen molar-refractivity contribution in [3.8, 4) is 16.5 Å². The van der Waals surface area contributed by atoms with Gasteiger partial charge in [0.05, 0.1) is 11.1 Å². The average molecular weight is 387 g/mol. The molecule has 3 aromatic heterocycles. The van der Waals surface area contributed by atoms with Crippen LogP contribution in [0.3, 0.4) is 0 Å². The van der Waals surface area contributed by atoms with E-state index in [-0.39, 0.29) is 22.8 Å². The van der Waals surface area contributed by atoms with Crippen LogP contribution in [-0.4, -0.2) is 21.5 Å². The van der Waals surface area contributed by atoms with Gasteiger partial charge in [0.1, 0.15) is 27.3 Å². The fourth-order valence-electron chi connectivity index (χ4n) is 2.31. The van der Waals surface area contributed by atoms with E-state index >= 15 is 0 Å². The third kappa shape index (κ3) is 3.58. The minimum absolute atomic E-state index is 0.0123. The van der Waals surface area contributed by atoms with E-state index in [1.165, 1.54) is 11.8 Å². The maximum atomic E-state index is 12.2. The first-order valence-electron chi connectivity index (χ1n) is 7.33. The van der Waals surface area contributed by atoms with Crippen molar-refractivity contribution in [2.45, 2.75) is 18.9 Å². The Balaban J connectivity index is 1.99. The van der Waals surface area contributed by atoms with E-state index in [9.17, 15) is 4.79 Å². The quantitative estimate of drug-likeness (QED) is 0.306. The van der Waals surface area contributed by atoms with Crippen molar-refractivity contribution in [3.63, 3.8) is 0 Å². The maximum Gasteiger partial charge on any atom is 0.185 e. The van der Waals surface area contributed by atoms with Gasteiger partial charge in [-0.1, -0.05) is 17.8 Å². The number of rotatable bonds is 5. The Bertz CT molecular complexity index is 1010. The summed E-state index contributed by atoms with van der Waals surface area (Å²) >= 11 is 4.54. The molecule has 0 saturated carbocycles. The molecule has 0 atom stereocenters. The lowest BCUT2D eigenvalue weighted by molar-refractivity contribution is -0.112. The Labute approximate surface area is 157 Å². The van der Waals surface area contributed by atoms with E-state index in [0.717, 1.165) is 25.7 Å². The van der Waals surface area contributed by atoms with Crippen molar-refractivity contribution in [3.05, 3.63) is 40.0 Å². The van der Waals surface area contributed by atoms with Gasteiger partial charge < -0.3 is 5.73 Å². The van der Waals surface area contributed by atoms with Crippen LogP contribution in [0.1, 0.15) is 12.7 Å². The molecule has 3 heterocycles. The summed E-state index contributed by atoms with van der Waals surface area (Å²) in [7, 11) is 0. The molecular formula is C17H14N4OS3. The molecule has 0 aromatic carbocycles. The van der Waals surface area contributed by atoms with Crippen molar-refractivity contribution in [1.82, 2.24) is 9.97 Å². The highest BCUT2D eigenvalue weighted by Gasteiger charge is 2.18. The number of aromatic nitrogens is 2. The van der Waals surface area contributed by atoms with Crippen LogP contribution >= 0.6 is 34.4 Å². The zero-order chi connectivity index (χ0) is 18.0. The molecule has 3 aromatic rings. The van der Waals surface area contributed by atoms with Crippen molar-refractivity contribution < 1.29 is 4.79 Å². The molecule has 5 nitrogen and oxygen atoms in total. The van der Waals surface area contributed by atoms with Crippen LogP contribution in [0, 0.1) is 18.3 Å². The lowest BCUT2D eigenvalue weighted by atomic mass is 10.2. The summed E-state index contributed by atoms with van der Waals surface area (Å²) in [6.45, 7) is 3.39. The fraction of sp³-hybridized carbons (Fsp3) is 0.176. The second kappa shape index (κ2) is 7.35. The van der Waals surface area contributed by atoms with Gasteiger partial charge in [0.2, 0.25) is 0 Å². The van der Waals surface area contributed by atoms with Crippen LogP contribution < -0.4 is 5.73 Å². The number of ketones is 1. The lowest BCUT2D eigenvalue weighted by Gasteiger charge is -2.06. The summed E-state index contributed by atoms with van der Waals surface area (Å²) in [6, 6.07) is 5.94. The van der Waals surface area contributed by atoms with Gasteiger partial charge in [-0.25, -0.2) is 9.97 Å². The number of allylic oxidation sites excluding steroid dienone is 2. The second-order valence-corrected chi connectivity index (χ2v) is 8.03. The number of carbonyl (C=O) groups excluding carboxylic acids is 1. The van der Waals surface area contributed by atoms with Crippen molar-refractivity contribution in [2.75, 3.05) is 5.75 Å². The number of nitrogens with two attached hydrogens (primary N) is 1. The normalized spacial score (nSPS) is 12.0. The van der Waals surface area contributed by atoms with Gasteiger partial charge in [0.15, 0.2) is 5.78 Å². The number of nitrogens with zero attached hydrogens (tertiary/aromatic N) is 3. The number of thioether (sulfide) groups is 1. The molecule has 0 unspecified atom stereocenters. The monoisotopic (exact) mass is 386 g/mol. The van der Waals surface area contributed by atoms with Crippen LogP contribution in [0.15, 0.2) is 39.2 Å². The zero-order valence-corrected chi connectivity index (χ0v) is 16.0. The first-order valence-corrected chi connectivity index (χ1v) is 10.1.